The molecule has 0 bridgehead atoms. The molecular weight excluding hydrogens is 416 g/mol. The van der Waals surface area contributed by atoms with Crippen LogP contribution in [0.15, 0.2) is 102 Å². The van der Waals surface area contributed by atoms with Crippen LogP contribution in [0.3, 0.4) is 0 Å². The molecule has 2 amide bonds. The lowest BCUT2D eigenvalue weighted by molar-refractivity contribution is 0.251. The first-order valence-corrected chi connectivity index (χ1v) is 11.1. The van der Waals surface area contributed by atoms with E-state index in [0.717, 1.165) is 27.5 Å². The number of nitrogens with one attached hydrogen (secondary N) is 3. The van der Waals surface area contributed by atoms with E-state index in [9.17, 15) is 4.79 Å². The number of aromatic nitrogens is 1. The molecule has 1 heterocycles. The minimum absolute atomic E-state index is 0.245. The molecule has 0 saturated carbocycles. The Balaban J connectivity index is 1.31. The van der Waals surface area contributed by atoms with E-state index in [2.05, 4.69) is 62.8 Å². The first-order chi connectivity index (χ1) is 15.7. The van der Waals surface area contributed by atoms with Gasteiger partial charge in [-0.1, -0.05) is 60.7 Å². The van der Waals surface area contributed by atoms with Crippen LogP contribution < -0.4 is 15.4 Å². The van der Waals surface area contributed by atoms with E-state index in [1.54, 1.807) is 24.2 Å². The molecule has 3 N–H and O–H groups in total. The Morgan fingerprint density at radius 1 is 0.875 bits per heavy atom. The van der Waals surface area contributed by atoms with Crippen molar-refractivity contribution in [1.29, 1.82) is 0 Å². The van der Waals surface area contributed by atoms with Crippen LogP contribution in [-0.4, -0.2) is 11.0 Å². The summed E-state index contributed by atoms with van der Waals surface area (Å²) >= 11 is 1.59. The van der Waals surface area contributed by atoms with E-state index in [0.29, 0.717) is 6.54 Å². The van der Waals surface area contributed by atoms with E-state index >= 15 is 0 Å². The average molecular weight is 441 g/mol. The van der Waals surface area contributed by atoms with Gasteiger partial charge in [0.15, 0.2) is 0 Å². The number of carbonyl (C=O) groups is 1. The Morgan fingerprint density at radius 3 is 2.41 bits per heavy atom. The number of pyridine rings is 1. The summed E-state index contributed by atoms with van der Waals surface area (Å²) < 4.78 is 3.41. The van der Waals surface area contributed by atoms with Crippen molar-refractivity contribution in [2.75, 3.05) is 10.0 Å². The van der Waals surface area contributed by atoms with Crippen molar-refractivity contribution in [2.45, 2.75) is 18.4 Å². The Bertz CT molecular complexity index is 1180. The number of urea groups is 1. The predicted octanol–water partition coefficient (Wildman–Crippen LogP) is 6.50. The van der Waals surface area contributed by atoms with Gasteiger partial charge in [-0.3, -0.25) is 4.98 Å². The highest BCUT2D eigenvalue weighted by Gasteiger charge is 2.06. The van der Waals surface area contributed by atoms with Crippen LogP contribution >= 0.6 is 11.9 Å². The van der Waals surface area contributed by atoms with E-state index in [1.807, 2.05) is 49.4 Å². The van der Waals surface area contributed by atoms with Crippen molar-refractivity contribution in [3.8, 4) is 11.1 Å². The summed E-state index contributed by atoms with van der Waals surface area (Å²) in [5.74, 6) is 0. The Labute approximate surface area is 192 Å². The maximum absolute atomic E-state index is 12.1. The molecule has 5 nitrogen and oxygen atoms in total. The summed E-state index contributed by atoms with van der Waals surface area (Å²) in [4.78, 5) is 17.4. The Morgan fingerprint density at radius 2 is 1.62 bits per heavy atom. The average Bonchev–Trinajstić information content (AvgIpc) is 2.83. The Kier molecular flexibility index (Phi) is 7.05. The number of anilines is 2. The highest BCUT2D eigenvalue weighted by molar-refractivity contribution is 8.00. The predicted molar refractivity (Wildman–Crippen MR) is 133 cm³/mol. The summed E-state index contributed by atoms with van der Waals surface area (Å²) in [6.45, 7) is 2.33. The lowest BCUT2D eigenvalue weighted by Gasteiger charge is -2.11. The van der Waals surface area contributed by atoms with Gasteiger partial charge < -0.3 is 15.4 Å². The van der Waals surface area contributed by atoms with Crippen LogP contribution in [0.1, 0.15) is 11.3 Å². The van der Waals surface area contributed by atoms with Crippen molar-refractivity contribution < 1.29 is 4.79 Å². The van der Waals surface area contributed by atoms with Crippen molar-refractivity contribution in [3.63, 3.8) is 0 Å². The maximum atomic E-state index is 12.1. The van der Waals surface area contributed by atoms with Gasteiger partial charge in [0.2, 0.25) is 0 Å². The molecule has 1 aromatic heterocycles. The molecule has 4 rings (SSSR count). The molecule has 0 saturated heterocycles. The van der Waals surface area contributed by atoms with Gasteiger partial charge in [-0.2, -0.15) is 0 Å². The second-order valence-corrected chi connectivity index (χ2v) is 8.10. The molecule has 0 aliphatic rings. The van der Waals surface area contributed by atoms with Gasteiger partial charge in [0.1, 0.15) is 0 Å². The largest absolute Gasteiger partial charge is 0.334 e. The minimum Gasteiger partial charge on any atom is -0.334 e. The number of hydrogen-bond donors (Lipinski definition) is 3. The van der Waals surface area contributed by atoms with Gasteiger partial charge in [0, 0.05) is 34.7 Å². The highest BCUT2D eigenvalue weighted by Crippen LogP contribution is 2.31. The van der Waals surface area contributed by atoms with Crippen LogP contribution in [0, 0.1) is 6.92 Å². The third-order valence-electron chi connectivity index (χ3n) is 4.81. The summed E-state index contributed by atoms with van der Waals surface area (Å²) in [6.07, 6.45) is 1.67. The van der Waals surface area contributed by atoms with Crippen LogP contribution in [0.2, 0.25) is 0 Å². The van der Waals surface area contributed by atoms with E-state index < -0.39 is 0 Å². The van der Waals surface area contributed by atoms with Gasteiger partial charge in [-0.05, 0) is 65.9 Å². The zero-order valence-electron chi connectivity index (χ0n) is 17.7. The fourth-order valence-corrected chi connectivity index (χ4v) is 4.00. The number of rotatable bonds is 7. The van der Waals surface area contributed by atoms with Crippen LogP contribution in [0.5, 0.6) is 0 Å². The molecule has 0 spiro atoms. The van der Waals surface area contributed by atoms with Crippen molar-refractivity contribution in [3.05, 3.63) is 108 Å². The molecule has 0 aliphatic heterocycles. The summed E-state index contributed by atoms with van der Waals surface area (Å²) in [6, 6.07) is 30.1. The third-order valence-corrected chi connectivity index (χ3v) is 5.73. The fourth-order valence-electron chi connectivity index (χ4n) is 3.20. The lowest BCUT2D eigenvalue weighted by atomic mass is 10.1. The molecule has 32 heavy (non-hydrogen) atoms. The standard InChI is InChI=1S/C26H24N4OS/c1-19-17-23(15-16-27-19)29-26(31)28-18-20-11-13-22(14-12-20)30-32-25-10-6-5-9-24(25)21-7-3-2-4-8-21/h2-17,30H,18H2,1H3,(H2,27,28,29,31). The second-order valence-electron chi connectivity index (χ2n) is 7.26. The second kappa shape index (κ2) is 10.5. The van der Waals surface area contributed by atoms with Gasteiger partial charge >= 0.3 is 6.03 Å². The molecule has 0 atom stereocenters. The smallest absolute Gasteiger partial charge is 0.319 e. The number of hydrogen-bond acceptors (Lipinski definition) is 4. The zero-order chi connectivity index (χ0) is 22.2. The van der Waals surface area contributed by atoms with Gasteiger partial charge in [-0.15, -0.1) is 0 Å². The van der Waals surface area contributed by atoms with Crippen LogP contribution in [-0.2, 0) is 6.54 Å². The molecule has 0 aliphatic carbocycles. The zero-order valence-corrected chi connectivity index (χ0v) is 18.5. The fraction of sp³-hybridized carbons (Fsp3) is 0.0769. The third kappa shape index (κ3) is 5.89. The summed E-state index contributed by atoms with van der Waals surface area (Å²) in [5.41, 5.74) is 5.99. The number of carbonyl (C=O) groups excluding carboxylic acids is 1. The van der Waals surface area contributed by atoms with E-state index in [4.69, 9.17) is 0 Å². The SMILES string of the molecule is Cc1cc(NC(=O)NCc2ccc(NSc3ccccc3-c3ccccc3)cc2)ccn1. The molecule has 6 heteroatoms. The number of benzene rings is 3. The number of aryl methyl sites for hydroxylation is 1. The molecule has 0 radical (unpaired) electrons. The molecular formula is C26H24N4OS. The number of nitrogens with zero attached hydrogens (tertiary/aromatic N) is 1. The lowest BCUT2D eigenvalue weighted by Crippen LogP contribution is -2.28. The van der Waals surface area contributed by atoms with Crippen molar-refractivity contribution in [2.24, 2.45) is 0 Å². The first-order valence-electron chi connectivity index (χ1n) is 10.3. The monoisotopic (exact) mass is 440 g/mol. The van der Waals surface area contributed by atoms with E-state index in [-0.39, 0.29) is 6.03 Å². The minimum atomic E-state index is -0.245. The molecule has 0 fully saturated rings. The molecule has 160 valence electrons. The van der Waals surface area contributed by atoms with E-state index in [1.165, 1.54) is 11.1 Å². The van der Waals surface area contributed by atoms with Crippen molar-refractivity contribution in [1.82, 2.24) is 10.3 Å². The molecule has 3 aromatic carbocycles. The van der Waals surface area contributed by atoms with Crippen LogP contribution in [0.25, 0.3) is 11.1 Å². The van der Waals surface area contributed by atoms with Crippen molar-refractivity contribution >= 4 is 29.4 Å². The highest BCUT2D eigenvalue weighted by atomic mass is 32.2. The van der Waals surface area contributed by atoms with Gasteiger partial charge in [-0.25, -0.2) is 4.79 Å². The summed E-state index contributed by atoms with van der Waals surface area (Å²) in [7, 11) is 0. The first kappa shape index (κ1) is 21.5. The Hall–Kier alpha value is -3.77. The topological polar surface area (TPSA) is 66.1 Å². The molecule has 4 aromatic rings. The summed E-state index contributed by atoms with van der Waals surface area (Å²) in [5, 5.41) is 5.69. The maximum Gasteiger partial charge on any atom is 0.319 e. The van der Waals surface area contributed by atoms with Gasteiger partial charge in [0.25, 0.3) is 0 Å². The number of amides is 2. The quantitative estimate of drug-likeness (QED) is 0.287. The van der Waals surface area contributed by atoms with Crippen LogP contribution in [0.4, 0.5) is 16.2 Å². The molecule has 0 unspecified atom stereocenters. The normalized spacial score (nSPS) is 10.4. The van der Waals surface area contributed by atoms with Gasteiger partial charge in [0.05, 0.1) is 0 Å².